The Morgan fingerprint density at radius 1 is 0.571 bits per heavy atom. The molecule has 70 valence electrons. The molecule has 0 aromatic heterocycles. The van der Waals surface area contributed by atoms with Crippen LogP contribution in [0.15, 0.2) is 59.1 Å². The fourth-order valence-electron chi connectivity index (χ4n) is 1.01. The second kappa shape index (κ2) is 4.23. The third kappa shape index (κ3) is 1.98. The first-order chi connectivity index (χ1) is 6.97. The van der Waals surface area contributed by atoms with Gasteiger partial charge in [-0.2, -0.15) is 20.4 Å². The smallest absolute Gasteiger partial charge is 0.0495 e. The molecule has 0 saturated heterocycles. The van der Waals surface area contributed by atoms with E-state index in [1.165, 1.54) is 0 Å². The number of allylic oxidation sites excluding steroid dienone is 6. The molecule has 0 unspecified atom stereocenters. The summed E-state index contributed by atoms with van der Waals surface area (Å²) in [6.45, 7) is 0. The Kier molecular flexibility index (Phi) is 2.56. The van der Waals surface area contributed by atoms with E-state index in [1.54, 1.807) is 22.7 Å². The maximum absolute atomic E-state index is 4.16. The van der Waals surface area contributed by atoms with Crippen LogP contribution < -0.4 is 0 Å². The highest BCUT2D eigenvalue weighted by molar-refractivity contribution is 5.72. The van der Waals surface area contributed by atoms with Crippen molar-refractivity contribution >= 4 is 12.4 Å². The summed E-state index contributed by atoms with van der Waals surface area (Å²) in [6, 6.07) is 0. The predicted molar refractivity (Wildman–Crippen MR) is 57.2 cm³/mol. The third-order valence-electron chi connectivity index (χ3n) is 1.64. The van der Waals surface area contributed by atoms with Gasteiger partial charge in [0.2, 0.25) is 0 Å². The van der Waals surface area contributed by atoms with E-state index in [1.807, 2.05) is 48.9 Å². The van der Waals surface area contributed by atoms with Gasteiger partial charge in [-0.05, 0) is 24.3 Å². The molecule has 4 heteroatoms. The van der Waals surface area contributed by atoms with E-state index in [2.05, 4.69) is 10.2 Å². The average molecular weight is 186 g/mol. The maximum atomic E-state index is 4.16. The molecule has 4 nitrogen and oxygen atoms in total. The van der Waals surface area contributed by atoms with Gasteiger partial charge < -0.3 is 0 Å². The van der Waals surface area contributed by atoms with Gasteiger partial charge in [0.25, 0.3) is 0 Å². The highest BCUT2D eigenvalue weighted by Crippen LogP contribution is 2.05. The molecule has 14 heavy (non-hydrogen) atoms. The number of hydrazine groups is 1. The topological polar surface area (TPSA) is 31.2 Å². The minimum Gasteiger partial charge on any atom is -0.159 e. The Morgan fingerprint density at radius 2 is 1.07 bits per heavy atom. The van der Waals surface area contributed by atoms with Gasteiger partial charge in [-0.25, -0.2) is 0 Å². The third-order valence-corrected chi connectivity index (χ3v) is 1.64. The fraction of sp³-hybridized carbons (Fsp3) is 0. The first kappa shape index (κ1) is 8.50. The molecule has 0 aromatic rings. The van der Waals surface area contributed by atoms with E-state index in [0.29, 0.717) is 0 Å². The van der Waals surface area contributed by atoms with Crippen molar-refractivity contribution in [3.05, 3.63) is 48.9 Å². The quantitative estimate of drug-likeness (QED) is 0.623. The molecule has 2 rings (SSSR count). The summed E-state index contributed by atoms with van der Waals surface area (Å²) in [5, 5.41) is 11.6. The highest BCUT2D eigenvalue weighted by Gasteiger charge is 2.03. The second-order valence-corrected chi connectivity index (χ2v) is 2.62. The van der Waals surface area contributed by atoms with Crippen molar-refractivity contribution in [3.63, 3.8) is 0 Å². The Labute approximate surface area is 82.5 Å². The van der Waals surface area contributed by atoms with Gasteiger partial charge in [0.05, 0.1) is 0 Å². The van der Waals surface area contributed by atoms with Gasteiger partial charge in [-0.3, -0.25) is 0 Å². The van der Waals surface area contributed by atoms with Crippen molar-refractivity contribution in [3.8, 4) is 0 Å². The lowest BCUT2D eigenvalue weighted by Gasteiger charge is -2.22. The maximum Gasteiger partial charge on any atom is 0.0495 e. The van der Waals surface area contributed by atoms with Gasteiger partial charge >= 0.3 is 0 Å². The largest absolute Gasteiger partial charge is 0.159 e. The minimum atomic E-state index is 1.64. The van der Waals surface area contributed by atoms with E-state index in [-0.39, 0.29) is 0 Å². The molecule has 0 N–H and O–H groups in total. The number of nitrogens with zero attached hydrogens (tertiary/aromatic N) is 4. The Bertz CT molecular complexity index is 292. The van der Waals surface area contributed by atoms with Gasteiger partial charge in [0.15, 0.2) is 0 Å². The Hall–Kier alpha value is -2.10. The zero-order valence-corrected chi connectivity index (χ0v) is 7.56. The van der Waals surface area contributed by atoms with Crippen LogP contribution in [0, 0.1) is 0 Å². The van der Waals surface area contributed by atoms with Gasteiger partial charge in [-0.1, -0.05) is 12.2 Å². The zero-order valence-electron chi connectivity index (χ0n) is 7.56. The summed E-state index contributed by atoms with van der Waals surface area (Å²) in [7, 11) is 0. The molecule has 0 bridgehead atoms. The lowest BCUT2D eigenvalue weighted by molar-refractivity contribution is 0.0868. The standard InChI is InChI=1S/C10H10N4/c1-3-7-11-13(9-5-1)14-10-6-2-4-8-12-14/h1-10H. The van der Waals surface area contributed by atoms with E-state index >= 15 is 0 Å². The molecule has 2 aliphatic heterocycles. The average Bonchev–Trinajstić information content (AvgIpc) is 2.62. The molecule has 0 spiro atoms. The van der Waals surface area contributed by atoms with E-state index in [0.717, 1.165) is 0 Å². The minimum absolute atomic E-state index is 1.64. The molecule has 0 amide bonds. The van der Waals surface area contributed by atoms with E-state index < -0.39 is 0 Å². The van der Waals surface area contributed by atoms with Crippen molar-refractivity contribution in [1.29, 1.82) is 0 Å². The van der Waals surface area contributed by atoms with Crippen molar-refractivity contribution in [2.24, 2.45) is 10.2 Å². The van der Waals surface area contributed by atoms with Crippen LogP contribution in [0.2, 0.25) is 0 Å². The molecule has 0 radical (unpaired) electrons. The Morgan fingerprint density at radius 3 is 1.57 bits per heavy atom. The summed E-state index contributed by atoms with van der Waals surface area (Å²) in [4.78, 5) is 0. The summed E-state index contributed by atoms with van der Waals surface area (Å²) in [5.74, 6) is 0. The van der Waals surface area contributed by atoms with Crippen molar-refractivity contribution in [2.75, 3.05) is 0 Å². The number of hydrogen-bond donors (Lipinski definition) is 0. The molecule has 2 aliphatic rings. The Balaban J connectivity index is 2.15. The van der Waals surface area contributed by atoms with Crippen molar-refractivity contribution < 1.29 is 0 Å². The van der Waals surface area contributed by atoms with Crippen LogP contribution in [0.25, 0.3) is 0 Å². The van der Waals surface area contributed by atoms with Gasteiger partial charge in [-0.15, -0.1) is 0 Å². The van der Waals surface area contributed by atoms with Gasteiger partial charge in [0, 0.05) is 24.8 Å². The molecule has 0 aliphatic carbocycles. The zero-order chi connectivity index (χ0) is 9.64. The van der Waals surface area contributed by atoms with Crippen molar-refractivity contribution in [2.45, 2.75) is 0 Å². The van der Waals surface area contributed by atoms with Crippen LogP contribution in [0.3, 0.4) is 0 Å². The molecule has 0 atom stereocenters. The SMILES string of the molecule is C1=CC=NN(N2C=CC=CC=N2)C=C1. The molecular weight excluding hydrogens is 176 g/mol. The normalized spacial score (nSPS) is 18.9. The van der Waals surface area contributed by atoms with Gasteiger partial charge in [0.1, 0.15) is 0 Å². The lowest BCUT2D eigenvalue weighted by atomic mass is 10.5. The summed E-state index contributed by atoms with van der Waals surface area (Å²) in [5.41, 5.74) is 0. The first-order valence-electron chi connectivity index (χ1n) is 4.30. The predicted octanol–water partition coefficient (Wildman–Crippen LogP) is 1.64. The summed E-state index contributed by atoms with van der Waals surface area (Å²) < 4.78 is 0. The molecule has 0 aromatic carbocycles. The van der Waals surface area contributed by atoms with Crippen LogP contribution in [0.5, 0.6) is 0 Å². The second-order valence-electron chi connectivity index (χ2n) is 2.62. The monoisotopic (exact) mass is 186 g/mol. The van der Waals surface area contributed by atoms with E-state index in [9.17, 15) is 0 Å². The van der Waals surface area contributed by atoms with Crippen LogP contribution in [-0.4, -0.2) is 22.7 Å². The molecular formula is C10H10N4. The fourth-order valence-corrected chi connectivity index (χ4v) is 1.01. The number of hydrazone groups is 2. The number of hydrogen-bond acceptors (Lipinski definition) is 4. The van der Waals surface area contributed by atoms with E-state index in [4.69, 9.17) is 0 Å². The first-order valence-corrected chi connectivity index (χ1v) is 4.30. The number of rotatable bonds is 1. The molecule has 0 saturated carbocycles. The van der Waals surface area contributed by atoms with Crippen molar-refractivity contribution in [1.82, 2.24) is 10.2 Å². The molecule has 2 heterocycles. The summed E-state index contributed by atoms with van der Waals surface area (Å²) in [6.07, 6.45) is 18.4. The van der Waals surface area contributed by atoms with Crippen LogP contribution in [-0.2, 0) is 0 Å². The highest BCUT2D eigenvalue weighted by atomic mass is 15.9. The van der Waals surface area contributed by atoms with Crippen LogP contribution >= 0.6 is 0 Å². The van der Waals surface area contributed by atoms with Crippen LogP contribution in [0.4, 0.5) is 0 Å². The summed E-state index contributed by atoms with van der Waals surface area (Å²) >= 11 is 0. The van der Waals surface area contributed by atoms with Crippen LogP contribution in [0.1, 0.15) is 0 Å². The molecule has 0 fully saturated rings. The lowest BCUT2D eigenvalue weighted by Crippen LogP contribution is -2.25.